The fourth-order valence-corrected chi connectivity index (χ4v) is 1.32. The van der Waals surface area contributed by atoms with Crippen LogP contribution in [0, 0.1) is 6.92 Å². The van der Waals surface area contributed by atoms with Crippen LogP contribution in [0.3, 0.4) is 0 Å². The maximum Gasteiger partial charge on any atom is 0.132 e. The molecule has 2 heteroatoms. The quantitative estimate of drug-likeness (QED) is 0.728. The fourth-order valence-electron chi connectivity index (χ4n) is 1.32. The number of rotatable bonds is 3. The van der Waals surface area contributed by atoms with Crippen LogP contribution in [0.15, 0.2) is 30.1 Å². The van der Waals surface area contributed by atoms with Crippen LogP contribution in [0.4, 0.5) is 5.82 Å². The van der Waals surface area contributed by atoms with Gasteiger partial charge in [-0.2, -0.15) is 0 Å². The summed E-state index contributed by atoms with van der Waals surface area (Å²) >= 11 is 0. The summed E-state index contributed by atoms with van der Waals surface area (Å²) in [6, 6.07) is 4.10. The smallest absolute Gasteiger partial charge is 0.132 e. The summed E-state index contributed by atoms with van der Waals surface area (Å²) in [6.45, 7) is 6.33. The largest absolute Gasteiger partial charge is 0.334 e. The van der Waals surface area contributed by atoms with Crippen LogP contribution >= 0.6 is 0 Å². The molecule has 0 radical (unpaired) electrons. The van der Waals surface area contributed by atoms with Gasteiger partial charge in [0, 0.05) is 18.9 Å². The first-order chi connectivity index (χ1) is 6.65. The van der Waals surface area contributed by atoms with E-state index in [1.54, 1.807) is 0 Å². The normalized spacial score (nSPS) is 11.6. The molecule has 0 spiro atoms. The lowest BCUT2D eigenvalue weighted by atomic mass is 10.2. The van der Waals surface area contributed by atoms with Crippen molar-refractivity contribution in [1.82, 2.24) is 4.98 Å². The van der Waals surface area contributed by atoms with E-state index in [9.17, 15) is 0 Å². The number of nitrogens with zero attached hydrogens (tertiary/aromatic N) is 2. The van der Waals surface area contributed by atoms with Gasteiger partial charge in [0.25, 0.3) is 0 Å². The van der Waals surface area contributed by atoms with Crippen molar-refractivity contribution in [2.45, 2.75) is 27.2 Å². The maximum atomic E-state index is 4.33. The summed E-state index contributed by atoms with van der Waals surface area (Å²) in [6.07, 6.45) is 5.10. The zero-order valence-electron chi connectivity index (χ0n) is 9.41. The maximum absolute atomic E-state index is 4.33. The van der Waals surface area contributed by atoms with Crippen molar-refractivity contribution in [3.63, 3.8) is 0 Å². The number of aromatic nitrogens is 1. The molecule has 0 unspecified atom stereocenters. The molecule has 0 aromatic carbocycles. The minimum Gasteiger partial charge on any atom is -0.334 e. The standard InChI is InChI=1S/C12H18N2/c1-5-6-11(3)14(4)12-9-10(2)7-8-13-12/h6-9H,5H2,1-4H3. The van der Waals surface area contributed by atoms with Gasteiger partial charge in [-0.25, -0.2) is 4.98 Å². The minimum absolute atomic E-state index is 1.01. The average molecular weight is 190 g/mol. The van der Waals surface area contributed by atoms with Crippen LogP contribution in [0.25, 0.3) is 0 Å². The van der Waals surface area contributed by atoms with Gasteiger partial charge in [0.1, 0.15) is 5.82 Å². The van der Waals surface area contributed by atoms with Crippen LogP contribution in [0.2, 0.25) is 0 Å². The summed E-state index contributed by atoms with van der Waals surface area (Å²) in [4.78, 5) is 6.44. The Morgan fingerprint density at radius 3 is 2.86 bits per heavy atom. The average Bonchev–Trinajstić information content (AvgIpc) is 2.17. The van der Waals surface area contributed by atoms with Gasteiger partial charge >= 0.3 is 0 Å². The molecule has 0 aliphatic heterocycles. The highest BCUT2D eigenvalue weighted by Crippen LogP contribution is 2.15. The lowest BCUT2D eigenvalue weighted by Gasteiger charge is -2.19. The molecule has 0 saturated carbocycles. The first-order valence-electron chi connectivity index (χ1n) is 4.98. The molecule has 1 heterocycles. The molecule has 0 N–H and O–H groups in total. The Balaban J connectivity index is 2.89. The summed E-state index contributed by atoms with van der Waals surface area (Å²) in [5.41, 5.74) is 2.48. The predicted octanol–water partition coefficient (Wildman–Crippen LogP) is 3.14. The van der Waals surface area contributed by atoms with Crippen LogP contribution in [-0.2, 0) is 0 Å². The number of hydrogen-bond donors (Lipinski definition) is 0. The number of hydrogen-bond acceptors (Lipinski definition) is 2. The van der Waals surface area contributed by atoms with Crippen molar-refractivity contribution in [1.29, 1.82) is 0 Å². The van der Waals surface area contributed by atoms with E-state index >= 15 is 0 Å². The van der Waals surface area contributed by atoms with Crippen LogP contribution in [-0.4, -0.2) is 12.0 Å². The Morgan fingerprint density at radius 1 is 1.57 bits per heavy atom. The molecular weight excluding hydrogens is 172 g/mol. The third-order valence-electron chi connectivity index (χ3n) is 2.27. The van der Waals surface area contributed by atoms with Crippen molar-refractivity contribution in [3.05, 3.63) is 35.7 Å². The molecule has 0 bridgehead atoms. The van der Waals surface area contributed by atoms with Crippen LogP contribution in [0.1, 0.15) is 25.8 Å². The Kier molecular flexibility index (Phi) is 3.69. The number of pyridine rings is 1. The third-order valence-corrected chi connectivity index (χ3v) is 2.27. The van der Waals surface area contributed by atoms with Gasteiger partial charge in [-0.1, -0.05) is 13.0 Å². The van der Waals surface area contributed by atoms with Gasteiger partial charge in [-0.3, -0.25) is 0 Å². The van der Waals surface area contributed by atoms with E-state index in [4.69, 9.17) is 0 Å². The summed E-state index contributed by atoms with van der Waals surface area (Å²) < 4.78 is 0. The summed E-state index contributed by atoms with van der Waals surface area (Å²) in [5, 5.41) is 0. The third kappa shape index (κ3) is 2.59. The highest BCUT2D eigenvalue weighted by molar-refractivity contribution is 5.45. The first-order valence-corrected chi connectivity index (χ1v) is 4.98. The topological polar surface area (TPSA) is 16.1 Å². The van der Waals surface area contributed by atoms with Crippen molar-refractivity contribution in [2.75, 3.05) is 11.9 Å². The lowest BCUT2D eigenvalue weighted by Crippen LogP contribution is -2.15. The fraction of sp³-hybridized carbons (Fsp3) is 0.417. The van der Waals surface area contributed by atoms with Crippen molar-refractivity contribution >= 4 is 5.82 Å². The summed E-state index contributed by atoms with van der Waals surface area (Å²) in [5.74, 6) is 1.01. The minimum atomic E-state index is 1.01. The van der Waals surface area contributed by atoms with E-state index in [0.717, 1.165) is 12.2 Å². The number of aryl methyl sites for hydroxylation is 1. The molecule has 0 amide bonds. The Morgan fingerprint density at radius 2 is 2.29 bits per heavy atom. The van der Waals surface area contributed by atoms with Gasteiger partial charge < -0.3 is 4.90 Å². The zero-order chi connectivity index (χ0) is 10.6. The molecule has 14 heavy (non-hydrogen) atoms. The van der Waals surface area contributed by atoms with E-state index < -0.39 is 0 Å². The molecule has 2 nitrogen and oxygen atoms in total. The monoisotopic (exact) mass is 190 g/mol. The van der Waals surface area contributed by atoms with Gasteiger partial charge in [-0.15, -0.1) is 0 Å². The second-order valence-corrected chi connectivity index (χ2v) is 3.50. The molecule has 0 atom stereocenters. The van der Waals surface area contributed by atoms with Crippen molar-refractivity contribution in [3.8, 4) is 0 Å². The van der Waals surface area contributed by atoms with E-state index in [-0.39, 0.29) is 0 Å². The van der Waals surface area contributed by atoms with Crippen LogP contribution in [0.5, 0.6) is 0 Å². The number of allylic oxidation sites excluding steroid dienone is 2. The molecular formula is C12H18N2. The molecule has 0 aliphatic carbocycles. The zero-order valence-corrected chi connectivity index (χ0v) is 9.41. The van der Waals surface area contributed by atoms with Crippen molar-refractivity contribution in [2.24, 2.45) is 0 Å². The molecule has 76 valence electrons. The Bertz CT molecular complexity index is 329. The van der Waals surface area contributed by atoms with Gasteiger partial charge in [0.2, 0.25) is 0 Å². The SMILES string of the molecule is CCC=C(C)N(C)c1cc(C)ccn1. The molecule has 0 fully saturated rings. The van der Waals surface area contributed by atoms with E-state index in [1.165, 1.54) is 11.3 Å². The molecule has 0 aliphatic rings. The highest BCUT2D eigenvalue weighted by Gasteiger charge is 2.02. The van der Waals surface area contributed by atoms with Gasteiger partial charge in [-0.05, 0) is 38.0 Å². The van der Waals surface area contributed by atoms with E-state index in [2.05, 4.69) is 42.8 Å². The van der Waals surface area contributed by atoms with Gasteiger partial charge in [0.15, 0.2) is 0 Å². The molecule has 1 rings (SSSR count). The van der Waals surface area contributed by atoms with E-state index in [0.29, 0.717) is 0 Å². The Labute approximate surface area is 86.3 Å². The second-order valence-electron chi connectivity index (χ2n) is 3.50. The lowest BCUT2D eigenvalue weighted by molar-refractivity contribution is 1.01. The molecule has 0 saturated heterocycles. The highest BCUT2D eigenvalue weighted by atomic mass is 15.2. The van der Waals surface area contributed by atoms with Crippen molar-refractivity contribution < 1.29 is 0 Å². The predicted molar refractivity (Wildman–Crippen MR) is 61.4 cm³/mol. The summed E-state index contributed by atoms with van der Waals surface area (Å²) in [7, 11) is 2.04. The second kappa shape index (κ2) is 4.80. The van der Waals surface area contributed by atoms with E-state index in [1.807, 2.05) is 19.3 Å². The Hall–Kier alpha value is -1.31. The first kappa shape index (κ1) is 10.8. The number of anilines is 1. The molecule has 1 aromatic rings. The van der Waals surface area contributed by atoms with Crippen LogP contribution < -0.4 is 4.90 Å². The van der Waals surface area contributed by atoms with Gasteiger partial charge in [0.05, 0.1) is 0 Å². The molecule has 1 aromatic heterocycles.